The van der Waals surface area contributed by atoms with Crippen LogP contribution in [0, 0.1) is 5.82 Å². The second-order valence-corrected chi connectivity index (χ2v) is 3.59. The van der Waals surface area contributed by atoms with E-state index in [4.69, 9.17) is 9.84 Å². The van der Waals surface area contributed by atoms with Crippen LogP contribution in [-0.4, -0.2) is 30.1 Å². The molecule has 1 N–H and O–H groups in total. The number of anilines is 1. The Kier molecular flexibility index (Phi) is 2.95. The molecule has 6 heteroatoms. The molecule has 0 spiro atoms. The minimum absolute atomic E-state index is 0.00792. The molecule has 0 atom stereocenters. The Morgan fingerprint density at radius 3 is 3.00 bits per heavy atom. The lowest BCUT2D eigenvalue weighted by Crippen LogP contribution is -2.40. The van der Waals surface area contributed by atoms with Gasteiger partial charge >= 0.3 is 5.97 Å². The molecule has 1 aromatic rings. The molecule has 1 aliphatic rings. The van der Waals surface area contributed by atoms with Crippen molar-refractivity contribution >= 4 is 17.6 Å². The first-order valence-corrected chi connectivity index (χ1v) is 5.02. The van der Waals surface area contributed by atoms with E-state index in [1.54, 1.807) is 0 Å². The molecule has 0 saturated carbocycles. The standard InChI is InChI=1S/C11H10FNO4/c12-7-1-2-9-8(5-7)13(4-3-11(15)16)10(14)6-17-9/h1-2,5H,3-4,6H2,(H,15,16). The Bertz CT molecular complexity index is 475. The van der Waals surface area contributed by atoms with Crippen molar-refractivity contribution in [1.82, 2.24) is 0 Å². The number of carbonyl (C=O) groups is 2. The predicted octanol–water partition coefficient (Wildman–Crippen LogP) is 1.03. The largest absolute Gasteiger partial charge is 0.482 e. The molecule has 0 fully saturated rings. The molecular weight excluding hydrogens is 229 g/mol. The minimum Gasteiger partial charge on any atom is -0.482 e. The summed E-state index contributed by atoms with van der Waals surface area (Å²) in [7, 11) is 0. The van der Waals surface area contributed by atoms with Crippen molar-refractivity contribution in [3.63, 3.8) is 0 Å². The van der Waals surface area contributed by atoms with E-state index in [2.05, 4.69) is 0 Å². The normalized spacial score (nSPS) is 14.2. The van der Waals surface area contributed by atoms with Gasteiger partial charge in [0.05, 0.1) is 12.1 Å². The van der Waals surface area contributed by atoms with Crippen LogP contribution < -0.4 is 9.64 Å². The number of nitrogens with zero attached hydrogens (tertiary/aromatic N) is 1. The third-order valence-corrected chi connectivity index (χ3v) is 2.41. The van der Waals surface area contributed by atoms with Gasteiger partial charge in [-0.25, -0.2) is 4.39 Å². The minimum atomic E-state index is -1.01. The van der Waals surface area contributed by atoms with Crippen LogP contribution in [0.15, 0.2) is 18.2 Å². The van der Waals surface area contributed by atoms with Crippen molar-refractivity contribution in [3.05, 3.63) is 24.0 Å². The third-order valence-electron chi connectivity index (χ3n) is 2.41. The molecule has 1 heterocycles. The fourth-order valence-corrected chi connectivity index (χ4v) is 1.63. The molecular formula is C11H10FNO4. The van der Waals surface area contributed by atoms with E-state index < -0.39 is 11.8 Å². The average molecular weight is 239 g/mol. The molecule has 0 unspecified atom stereocenters. The van der Waals surface area contributed by atoms with E-state index in [1.165, 1.54) is 17.0 Å². The smallest absolute Gasteiger partial charge is 0.305 e. The maximum atomic E-state index is 13.1. The van der Waals surface area contributed by atoms with Crippen LogP contribution in [0.3, 0.4) is 0 Å². The van der Waals surface area contributed by atoms with Gasteiger partial charge in [-0.05, 0) is 12.1 Å². The van der Waals surface area contributed by atoms with Crippen LogP contribution in [0.5, 0.6) is 5.75 Å². The van der Waals surface area contributed by atoms with Crippen LogP contribution in [0.2, 0.25) is 0 Å². The molecule has 90 valence electrons. The van der Waals surface area contributed by atoms with Gasteiger partial charge in [-0.15, -0.1) is 0 Å². The Labute approximate surface area is 96.4 Å². The lowest BCUT2D eigenvalue weighted by atomic mass is 10.2. The summed E-state index contributed by atoms with van der Waals surface area (Å²) >= 11 is 0. The van der Waals surface area contributed by atoms with E-state index in [0.29, 0.717) is 5.75 Å². The number of hydrogen-bond donors (Lipinski definition) is 1. The highest BCUT2D eigenvalue weighted by molar-refractivity contribution is 5.98. The molecule has 0 radical (unpaired) electrons. The monoisotopic (exact) mass is 239 g/mol. The Morgan fingerprint density at radius 2 is 2.29 bits per heavy atom. The molecule has 0 aromatic heterocycles. The van der Waals surface area contributed by atoms with Crippen molar-refractivity contribution in [2.45, 2.75) is 6.42 Å². The number of carboxylic acid groups (broad SMARTS) is 1. The van der Waals surface area contributed by atoms with E-state index in [-0.39, 0.29) is 31.2 Å². The van der Waals surface area contributed by atoms with Gasteiger partial charge in [-0.1, -0.05) is 0 Å². The van der Waals surface area contributed by atoms with Crippen LogP contribution in [-0.2, 0) is 9.59 Å². The van der Waals surface area contributed by atoms with Gasteiger partial charge in [0.15, 0.2) is 6.61 Å². The Balaban J connectivity index is 2.28. The lowest BCUT2D eigenvalue weighted by molar-refractivity contribution is -0.136. The maximum Gasteiger partial charge on any atom is 0.305 e. The molecule has 1 amide bonds. The molecule has 1 aliphatic heterocycles. The van der Waals surface area contributed by atoms with Crippen LogP contribution >= 0.6 is 0 Å². The highest BCUT2D eigenvalue weighted by atomic mass is 19.1. The molecule has 0 aliphatic carbocycles. The number of carbonyl (C=O) groups excluding carboxylic acids is 1. The van der Waals surface area contributed by atoms with Gasteiger partial charge in [-0.2, -0.15) is 0 Å². The van der Waals surface area contributed by atoms with E-state index >= 15 is 0 Å². The molecule has 1 aromatic carbocycles. The summed E-state index contributed by atoms with van der Waals surface area (Å²) < 4.78 is 18.2. The molecule has 17 heavy (non-hydrogen) atoms. The van der Waals surface area contributed by atoms with E-state index in [1.807, 2.05) is 0 Å². The highest BCUT2D eigenvalue weighted by Gasteiger charge is 2.26. The second-order valence-electron chi connectivity index (χ2n) is 3.59. The average Bonchev–Trinajstić information content (AvgIpc) is 2.27. The zero-order valence-electron chi connectivity index (χ0n) is 8.85. The maximum absolute atomic E-state index is 13.1. The summed E-state index contributed by atoms with van der Waals surface area (Å²) in [5.74, 6) is -1.50. The summed E-state index contributed by atoms with van der Waals surface area (Å²) in [5.41, 5.74) is 0.280. The molecule has 0 bridgehead atoms. The first-order chi connectivity index (χ1) is 8.08. The van der Waals surface area contributed by atoms with Gasteiger partial charge in [0.1, 0.15) is 11.6 Å². The molecule has 2 rings (SSSR count). The van der Waals surface area contributed by atoms with Gasteiger partial charge < -0.3 is 14.7 Å². The number of halogens is 1. The Hall–Kier alpha value is -2.11. The van der Waals surface area contributed by atoms with Crippen LogP contribution in [0.25, 0.3) is 0 Å². The lowest BCUT2D eigenvalue weighted by Gasteiger charge is -2.28. The zero-order chi connectivity index (χ0) is 12.4. The quantitative estimate of drug-likeness (QED) is 0.855. The summed E-state index contributed by atoms with van der Waals surface area (Å²) in [5, 5.41) is 8.59. The summed E-state index contributed by atoms with van der Waals surface area (Å²) in [6.45, 7) is -0.147. The number of ether oxygens (including phenoxy) is 1. The van der Waals surface area contributed by atoms with Crippen molar-refractivity contribution < 1.29 is 23.8 Å². The summed E-state index contributed by atoms with van der Waals surface area (Å²) in [4.78, 5) is 23.3. The van der Waals surface area contributed by atoms with Crippen molar-refractivity contribution in [2.24, 2.45) is 0 Å². The fraction of sp³-hybridized carbons (Fsp3) is 0.273. The summed E-state index contributed by atoms with van der Waals surface area (Å²) in [6, 6.07) is 3.81. The zero-order valence-corrected chi connectivity index (χ0v) is 8.85. The predicted molar refractivity (Wildman–Crippen MR) is 56.5 cm³/mol. The summed E-state index contributed by atoms with van der Waals surface area (Å²) in [6.07, 6.45) is -0.193. The first-order valence-electron chi connectivity index (χ1n) is 5.02. The van der Waals surface area contributed by atoms with Gasteiger partial charge in [-0.3, -0.25) is 9.59 Å². The number of rotatable bonds is 3. The Morgan fingerprint density at radius 1 is 1.53 bits per heavy atom. The third kappa shape index (κ3) is 2.35. The number of carboxylic acids is 1. The highest BCUT2D eigenvalue weighted by Crippen LogP contribution is 2.32. The molecule has 0 saturated heterocycles. The van der Waals surface area contributed by atoms with E-state index in [0.717, 1.165) is 6.07 Å². The van der Waals surface area contributed by atoms with Crippen molar-refractivity contribution in [2.75, 3.05) is 18.1 Å². The van der Waals surface area contributed by atoms with Gasteiger partial charge in [0.2, 0.25) is 0 Å². The van der Waals surface area contributed by atoms with E-state index in [9.17, 15) is 14.0 Å². The van der Waals surface area contributed by atoms with Crippen molar-refractivity contribution in [1.29, 1.82) is 0 Å². The number of hydrogen-bond acceptors (Lipinski definition) is 3. The fourth-order valence-electron chi connectivity index (χ4n) is 1.63. The second kappa shape index (κ2) is 4.40. The first kappa shape index (κ1) is 11.4. The van der Waals surface area contributed by atoms with Crippen molar-refractivity contribution in [3.8, 4) is 5.75 Å². The number of benzene rings is 1. The van der Waals surface area contributed by atoms with Crippen LogP contribution in [0.4, 0.5) is 10.1 Å². The molecule has 5 nitrogen and oxygen atoms in total. The van der Waals surface area contributed by atoms with Crippen LogP contribution in [0.1, 0.15) is 6.42 Å². The SMILES string of the molecule is O=C(O)CCN1C(=O)COc2ccc(F)cc21. The topological polar surface area (TPSA) is 66.8 Å². The number of aliphatic carboxylic acids is 1. The number of amides is 1. The van der Waals surface area contributed by atoms with Gasteiger partial charge in [0, 0.05) is 12.6 Å². The number of fused-ring (bicyclic) bond motifs is 1. The van der Waals surface area contributed by atoms with Gasteiger partial charge in [0.25, 0.3) is 5.91 Å².